The molecule has 3 nitrogen and oxygen atoms in total. The van der Waals surface area contributed by atoms with Crippen LogP contribution in [-0.4, -0.2) is 35.1 Å². The van der Waals surface area contributed by atoms with Gasteiger partial charge in [-0.15, -0.1) is 0 Å². The molecule has 1 aliphatic carbocycles. The van der Waals surface area contributed by atoms with Crippen LogP contribution in [0, 0.1) is 11.8 Å². The summed E-state index contributed by atoms with van der Waals surface area (Å²) < 4.78 is 0. The maximum absolute atomic E-state index is 11.1. The Labute approximate surface area is 104 Å². The van der Waals surface area contributed by atoms with Crippen LogP contribution in [0.5, 0.6) is 0 Å². The first-order valence-corrected chi connectivity index (χ1v) is 7.13. The molecule has 2 rings (SSSR count). The Morgan fingerprint density at radius 3 is 2.82 bits per heavy atom. The molecule has 17 heavy (non-hydrogen) atoms. The zero-order valence-corrected chi connectivity index (χ0v) is 10.9. The molecule has 0 amide bonds. The number of aliphatic carboxylic acids is 1. The highest BCUT2D eigenvalue weighted by molar-refractivity contribution is 5.73. The first kappa shape index (κ1) is 12.9. The van der Waals surface area contributed by atoms with Crippen molar-refractivity contribution in [2.24, 2.45) is 11.8 Å². The molecular formula is C14H25NO2. The number of hydrogen-bond donors (Lipinski definition) is 1. The van der Waals surface area contributed by atoms with E-state index in [-0.39, 0.29) is 6.04 Å². The standard InChI is InChI=1S/C14H25NO2/c1-11-4-2-5-12(10-11)7-9-15-8-3-6-13(15)14(16)17/h11-13H,2-10H2,1H3,(H,16,17)/t11?,12?,13-/m0/s1. The van der Waals surface area contributed by atoms with Gasteiger partial charge < -0.3 is 5.11 Å². The Morgan fingerprint density at radius 2 is 2.12 bits per heavy atom. The van der Waals surface area contributed by atoms with Gasteiger partial charge in [-0.25, -0.2) is 0 Å². The monoisotopic (exact) mass is 239 g/mol. The first-order chi connectivity index (χ1) is 8.16. The first-order valence-electron chi connectivity index (χ1n) is 7.13. The minimum absolute atomic E-state index is 0.198. The Morgan fingerprint density at radius 1 is 1.29 bits per heavy atom. The summed E-state index contributed by atoms with van der Waals surface area (Å²) in [6, 6.07) is -0.198. The number of nitrogens with zero attached hydrogens (tertiary/aromatic N) is 1. The summed E-state index contributed by atoms with van der Waals surface area (Å²) in [7, 11) is 0. The van der Waals surface area contributed by atoms with Crippen LogP contribution < -0.4 is 0 Å². The van der Waals surface area contributed by atoms with Crippen molar-refractivity contribution < 1.29 is 9.90 Å². The van der Waals surface area contributed by atoms with Gasteiger partial charge in [0.15, 0.2) is 0 Å². The fraction of sp³-hybridized carbons (Fsp3) is 0.929. The maximum atomic E-state index is 11.1. The molecule has 0 aromatic rings. The molecular weight excluding hydrogens is 214 g/mol. The van der Waals surface area contributed by atoms with Gasteiger partial charge in [-0.1, -0.05) is 26.2 Å². The zero-order chi connectivity index (χ0) is 12.3. The second-order valence-corrected chi connectivity index (χ2v) is 5.96. The lowest BCUT2D eigenvalue weighted by molar-refractivity contribution is -0.142. The molecule has 1 heterocycles. The Balaban J connectivity index is 1.75. The minimum atomic E-state index is -0.625. The van der Waals surface area contributed by atoms with Crippen LogP contribution in [0.1, 0.15) is 51.9 Å². The molecule has 98 valence electrons. The Bertz CT molecular complexity index is 267. The molecule has 1 N–H and O–H groups in total. The molecule has 0 bridgehead atoms. The van der Waals surface area contributed by atoms with Gasteiger partial charge in [0, 0.05) is 0 Å². The number of hydrogen-bond acceptors (Lipinski definition) is 2. The largest absolute Gasteiger partial charge is 0.480 e. The number of carbonyl (C=O) groups is 1. The summed E-state index contributed by atoms with van der Waals surface area (Å²) in [6.07, 6.45) is 8.57. The molecule has 2 fully saturated rings. The second-order valence-electron chi connectivity index (χ2n) is 5.96. The van der Waals surface area contributed by atoms with Crippen LogP contribution in [0.25, 0.3) is 0 Å². The molecule has 2 aliphatic rings. The fourth-order valence-electron chi connectivity index (χ4n) is 3.54. The van der Waals surface area contributed by atoms with Crippen molar-refractivity contribution in [2.75, 3.05) is 13.1 Å². The van der Waals surface area contributed by atoms with Gasteiger partial charge >= 0.3 is 5.97 Å². The van der Waals surface area contributed by atoms with Crippen molar-refractivity contribution in [3.63, 3.8) is 0 Å². The average molecular weight is 239 g/mol. The van der Waals surface area contributed by atoms with E-state index in [0.29, 0.717) is 0 Å². The lowest BCUT2D eigenvalue weighted by atomic mass is 9.81. The van der Waals surface area contributed by atoms with E-state index < -0.39 is 5.97 Å². The van der Waals surface area contributed by atoms with E-state index in [9.17, 15) is 4.79 Å². The van der Waals surface area contributed by atoms with Crippen LogP contribution >= 0.6 is 0 Å². The van der Waals surface area contributed by atoms with Gasteiger partial charge in [-0.05, 0) is 50.6 Å². The summed E-state index contributed by atoms with van der Waals surface area (Å²) in [6.45, 7) is 4.33. The Kier molecular flexibility index (Phi) is 4.43. The summed E-state index contributed by atoms with van der Waals surface area (Å²) >= 11 is 0. The lowest BCUT2D eigenvalue weighted by Crippen LogP contribution is -2.37. The predicted molar refractivity (Wildman–Crippen MR) is 68.0 cm³/mol. The van der Waals surface area contributed by atoms with Crippen LogP contribution in [0.3, 0.4) is 0 Å². The molecule has 3 atom stereocenters. The minimum Gasteiger partial charge on any atom is -0.480 e. The van der Waals surface area contributed by atoms with Crippen LogP contribution in [-0.2, 0) is 4.79 Å². The van der Waals surface area contributed by atoms with Crippen molar-refractivity contribution in [3.05, 3.63) is 0 Å². The molecule has 0 spiro atoms. The number of carboxylic acids is 1. The van der Waals surface area contributed by atoms with E-state index in [1.807, 2.05) is 0 Å². The summed E-state index contributed by atoms with van der Waals surface area (Å²) in [4.78, 5) is 13.3. The van der Waals surface area contributed by atoms with Gasteiger partial charge in [-0.3, -0.25) is 9.69 Å². The van der Waals surface area contributed by atoms with E-state index in [0.717, 1.165) is 37.8 Å². The third-order valence-corrected chi connectivity index (χ3v) is 4.52. The fourth-order valence-corrected chi connectivity index (χ4v) is 3.54. The molecule has 1 aliphatic heterocycles. The van der Waals surface area contributed by atoms with Gasteiger partial charge in [0.05, 0.1) is 0 Å². The van der Waals surface area contributed by atoms with Crippen molar-refractivity contribution in [3.8, 4) is 0 Å². The van der Waals surface area contributed by atoms with E-state index in [1.165, 1.54) is 32.1 Å². The van der Waals surface area contributed by atoms with Gasteiger partial charge in [0.2, 0.25) is 0 Å². The third kappa shape index (κ3) is 3.44. The number of rotatable bonds is 4. The van der Waals surface area contributed by atoms with Crippen LogP contribution in [0.15, 0.2) is 0 Å². The van der Waals surface area contributed by atoms with Crippen molar-refractivity contribution in [1.82, 2.24) is 4.90 Å². The van der Waals surface area contributed by atoms with E-state index in [4.69, 9.17) is 5.11 Å². The molecule has 1 saturated carbocycles. The highest BCUT2D eigenvalue weighted by atomic mass is 16.4. The summed E-state index contributed by atoms with van der Waals surface area (Å²) in [5.41, 5.74) is 0. The van der Waals surface area contributed by atoms with E-state index >= 15 is 0 Å². The molecule has 3 heteroatoms. The molecule has 0 radical (unpaired) electrons. The van der Waals surface area contributed by atoms with E-state index in [1.54, 1.807) is 0 Å². The molecule has 0 aromatic heterocycles. The lowest BCUT2D eigenvalue weighted by Gasteiger charge is -2.29. The zero-order valence-electron chi connectivity index (χ0n) is 10.9. The van der Waals surface area contributed by atoms with E-state index in [2.05, 4.69) is 11.8 Å². The number of carboxylic acid groups (broad SMARTS) is 1. The second kappa shape index (κ2) is 5.85. The van der Waals surface area contributed by atoms with Crippen molar-refractivity contribution in [2.45, 2.75) is 57.9 Å². The summed E-state index contributed by atoms with van der Waals surface area (Å²) in [5.74, 6) is 1.09. The SMILES string of the molecule is CC1CCCC(CCN2CCC[C@H]2C(=O)O)C1. The maximum Gasteiger partial charge on any atom is 0.320 e. The third-order valence-electron chi connectivity index (χ3n) is 4.52. The molecule has 0 aromatic carbocycles. The summed E-state index contributed by atoms with van der Waals surface area (Å²) in [5, 5.41) is 9.12. The highest BCUT2D eigenvalue weighted by Crippen LogP contribution is 2.31. The quantitative estimate of drug-likeness (QED) is 0.820. The normalized spacial score (nSPS) is 35.0. The van der Waals surface area contributed by atoms with Gasteiger partial charge in [0.1, 0.15) is 6.04 Å². The highest BCUT2D eigenvalue weighted by Gasteiger charge is 2.30. The van der Waals surface area contributed by atoms with Crippen molar-refractivity contribution >= 4 is 5.97 Å². The van der Waals surface area contributed by atoms with Crippen molar-refractivity contribution in [1.29, 1.82) is 0 Å². The van der Waals surface area contributed by atoms with Gasteiger partial charge in [-0.2, -0.15) is 0 Å². The average Bonchev–Trinajstić information content (AvgIpc) is 2.74. The van der Waals surface area contributed by atoms with Crippen LogP contribution in [0.2, 0.25) is 0 Å². The smallest absolute Gasteiger partial charge is 0.320 e. The van der Waals surface area contributed by atoms with Crippen LogP contribution in [0.4, 0.5) is 0 Å². The predicted octanol–water partition coefficient (Wildman–Crippen LogP) is 2.75. The molecule has 1 saturated heterocycles. The number of likely N-dealkylation sites (tertiary alicyclic amines) is 1. The molecule has 2 unspecified atom stereocenters. The Hall–Kier alpha value is -0.570. The van der Waals surface area contributed by atoms with Gasteiger partial charge in [0.25, 0.3) is 0 Å². The topological polar surface area (TPSA) is 40.5 Å².